The summed E-state index contributed by atoms with van der Waals surface area (Å²) < 4.78 is 5.78. The molecule has 33 heavy (non-hydrogen) atoms. The molecule has 7 nitrogen and oxygen atoms in total. The first-order valence-corrected chi connectivity index (χ1v) is 12.1. The number of carbonyl (C=O) groups is 2. The Morgan fingerprint density at radius 2 is 1.91 bits per heavy atom. The Kier molecular flexibility index (Phi) is 7.70. The van der Waals surface area contributed by atoms with E-state index in [9.17, 15) is 9.59 Å². The van der Waals surface area contributed by atoms with Crippen molar-refractivity contribution >= 4 is 28.8 Å². The summed E-state index contributed by atoms with van der Waals surface area (Å²) in [5.74, 6) is 0.604. The molecule has 1 saturated heterocycles. The number of aryl methyl sites for hydroxylation is 1. The number of nitrogens with zero attached hydrogens (tertiary/aromatic N) is 3. The van der Waals surface area contributed by atoms with Gasteiger partial charge < -0.3 is 15.0 Å². The van der Waals surface area contributed by atoms with E-state index in [0.717, 1.165) is 23.4 Å². The summed E-state index contributed by atoms with van der Waals surface area (Å²) in [7, 11) is 0. The fourth-order valence-electron chi connectivity index (χ4n) is 3.82. The zero-order valence-electron chi connectivity index (χ0n) is 18.7. The summed E-state index contributed by atoms with van der Waals surface area (Å²) in [6.45, 7) is 5.26. The maximum absolute atomic E-state index is 13.0. The van der Waals surface area contributed by atoms with Crippen LogP contribution in [0.25, 0.3) is 0 Å². The van der Waals surface area contributed by atoms with Crippen molar-refractivity contribution < 1.29 is 14.3 Å². The van der Waals surface area contributed by atoms with Crippen LogP contribution in [-0.2, 0) is 17.8 Å². The first-order chi connectivity index (χ1) is 16.1. The van der Waals surface area contributed by atoms with Gasteiger partial charge in [0.15, 0.2) is 0 Å². The maximum Gasteiger partial charge on any atom is 0.254 e. The van der Waals surface area contributed by atoms with Crippen molar-refractivity contribution in [1.82, 2.24) is 14.8 Å². The van der Waals surface area contributed by atoms with E-state index >= 15 is 0 Å². The highest BCUT2D eigenvalue weighted by atomic mass is 32.1. The molecule has 1 aliphatic heterocycles. The lowest BCUT2D eigenvalue weighted by molar-refractivity contribution is -0.117. The van der Waals surface area contributed by atoms with Crippen molar-refractivity contribution in [3.8, 4) is 5.75 Å². The average Bonchev–Trinajstić information content (AvgIpc) is 3.37. The molecule has 3 aromatic rings. The van der Waals surface area contributed by atoms with E-state index in [0.29, 0.717) is 50.6 Å². The van der Waals surface area contributed by atoms with Gasteiger partial charge in [0, 0.05) is 42.8 Å². The maximum atomic E-state index is 13.0. The topological polar surface area (TPSA) is 74.8 Å². The summed E-state index contributed by atoms with van der Waals surface area (Å²) in [4.78, 5) is 33.6. The highest BCUT2D eigenvalue weighted by Gasteiger charge is 2.23. The Morgan fingerprint density at radius 3 is 2.67 bits per heavy atom. The molecule has 1 N–H and O–H groups in total. The summed E-state index contributed by atoms with van der Waals surface area (Å²) in [6, 6.07) is 15.1. The number of amides is 2. The van der Waals surface area contributed by atoms with Crippen molar-refractivity contribution in [2.24, 2.45) is 0 Å². The zero-order valence-corrected chi connectivity index (χ0v) is 19.5. The predicted octanol–water partition coefficient (Wildman–Crippen LogP) is 3.68. The second-order valence-corrected chi connectivity index (χ2v) is 8.64. The van der Waals surface area contributed by atoms with Crippen molar-refractivity contribution in [2.75, 3.05) is 38.0 Å². The predicted molar refractivity (Wildman–Crippen MR) is 130 cm³/mol. The number of hydrogen-bond donors (Lipinski definition) is 1. The third kappa shape index (κ3) is 6.18. The number of thiazole rings is 1. The molecule has 0 aliphatic carbocycles. The van der Waals surface area contributed by atoms with Gasteiger partial charge in [-0.15, -0.1) is 11.3 Å². The van der Waals surface area contributed by atoms with Crippen LogP contribution in [0.3, 0.4) is 0 Å². The molecule has 0 radical (unpaired) electrons. The molecular weight excluding hydrogens is 436 g/mol. The monoisotopic (exact) mass is 464 g/mol. The minimum atomic E-state index is -0.0272. The standard InChI is InChI=1S/C25H28N4O3S/c1-2-19-6-3-4-9-23(19)27-24(30)15-28-10-12-29(13-11-28)25(31)20-7-5-8-22(14-20)32-16-21-17-33-18-26-21/h3-9,14,17-18H,2,10-13,15-16H2,1H3,(H,27,30). The van der Waals surface area contributed by atoms with Gasteiger partial charge in [-0.1, -0.05) is 31.2 Å². The van der Waals surface area contributed by atoms with Gasteiger partial charge in [0.2, 0.25) is 5.91 Å². The molecule has 0 unspecified atom stereocenters. The first kappa shape index (κ1) is 22.9. The van der Waals surface area contributed by atoms with Gasteiger partial charge in [0.1, 0.15) is 12.4 Å². The Balaban J connectivity index is 1.26. The molecule has 0 atom stereocenters. The summed E-state index contributed by atoms with van der Waals surface area (Å²) in [6.07, 6.45) is 0.869. The van der Waals surface area contributed by atoms with Gasteiger partial charge in [-0.2, -0.15) is 0 Å². The average molecular weight is 465 g/mol. The summed E-state index contributed by atoms with van der Waals surface area (Å²) in [5, 5.41) is 4.96. The third-order valence-electron chi connectivity index (χ3n) is 5.65. The lowest BCUT2D eigenvalue weighted by Crippen LogP contribution is -2.50. The number of hydrogen-bond acceptors (Lipinski definition) is 6. The van der Waals surface area contributed by atoms with Crippen molar-refractivity contribution in [3.63, 3.8) is 0 Å². The van der Waals surface area contributed by atoms with Crippen molar-refractivity contribution in [1.29, 1.82) is 0 Å². The largest absolute Gasteiger partial charge is 0.487 e. The van der Waals surface area contributed by atoms with E-state index in [1.54, 1.807) is 11.6 Å². The number of benzene rings is 2. The number of rotatable bonds is 8. The number of ether oxygens (including phenoxy) is 1. The second-order valence-electron chi connectivity index (χ2n) is 7.92. The zero-order chi connectivity index (χ0) is 23.0. The van der Waals surface area contributed by atoms with Crippen LogP contribution in [0.1, 0.15) is 28.5 Å². The number of para-hydroxylation sites is 1. The molecule has 2 aromatic carbocycles. The minimum Gasteiger partial charge on any atom is -0.487 e. The van der Waals surface area contributed by atoms with Crippen LogP contribution in [0.4, 0.5) is 5.69 Å². The molecule has 172 valence electrons. The fraction of sp³-hybridized carbons (Fsp3) is 0.320. The van der Waals surface area contributed by atoms with E-state index in [1.807, 2.05) is 52.7 Å². The molecule has 2 amide bonds. The highest BCUT2D eigenvalue weighted by molar-refractivity contribution is 7.07. The number of piperazine rings is 1. The Labute approximate surface area is 198 Å². The van der Waals surface area contributed by atoms with Crippen LogP contribution < -0.4 is 10.1 Å². The van der Waals surface area contributed by atoms with E-state index in [-0.39, 0.29) is 11.8 Å². The lowest BCUT2D eigenvalue weighted by Gasteiger charge is -2.34. The van der Waals surface area contributed by atoms with Gasteiger partial charge in [0.25, 0.3) is 5.91 Å². The third-order valence-corrected chi connectivity index (χ3v) is 6.29. The molecule has 8 heteroatoms. The molecule has 1 aliphatic rings. The summed E-state index contributed by atoms with van der Waals surface area (Å²) in [5.41, 5.74) is 5.24. The quantitative estimate of drug-likeness (QED) is 0.551. The molecule has 0 saturated carbocycles. The van der Waals surface area contributed by atoms with E-state index in [2.05, 4.69) is 22.1 Å². The molecule has 2 heterocycles. The van der Waals surface area contributed by atoms with E-state index in [4.69, 9.17) is 4.74 Å². The van der Waals surface area contributed by atoms with Crippen LogP contribution in [0.15, 0.2) is 59.4 Å². The van der Waals surface area contributed by atoms with Gasteiger partial charge in [-0.05, 0) is 36.2 Å². The van der Waals surface area contributed by atoms with Gasteiger partial charge in [-0.25, -0.2) is 4.98 Å². The Bertz CT molecular complexity index is 1080. The Morgan fingerprint density at radius 1 is 1.09 bits per heavy atom. The van der Waals surface area contributed by atoms with Crippen LogP contribution in [0.5, 0.6) is 5.75 Å². The smallest absolute Gasteiger partial charge is 0.254 e. The van der Waals surface area contributed by atoms with Gasteiger partial charge in [0.05, 0.1) is 17.7 Å². The van der Waals surface area contributed by atoms with Crippen LogP contribution >= 0.6 is 11.3 Å². The van der Waals surface area contributed by atoms with E-state index in [1.165, 1.54) is 11.3 Å². The molecular formula is C25H28N4O3S. The van der Waals surface area contributed by atoms with Crippen LogP contribution in [0.2, 0.25) is 0 Å². The normalized spacial score (nSPS) is 14.2. The molecule has 1 fully saturated rings. The van der Waals surface area contributed by atoms with Crippen LogP contribution in [0, 0.1) is 0 Å². The van der Waals surface area contributed by atoms with Crippen molar-refractivity contribution in [2.45, 2.75) is 20.0 Å². The minimum absolute atomic E-state index is 0.0184. The molecule has 4 rings (SSSR count). The highest BCUT2D eigenvalue weighted by Crippen LogP contribution is 2.18. The molecule has 0 spiro atoms. The number of nitrogens with one attached hydrogen (secondary N) is 1. The Hall–Kier alpha value is -3.23. The van der Waals surface area contributed by atoms with Crippen molar-refractivity contribution in [3.05, 3.63) is 76.2 Å². The summed E-state index contributed by atoms with van der Waals surface area (Å²) >= 11 is 1.53. The molecule has 1 aromatic heterocycles. The number of aromatic nitrogens is 1. The van der Waals surface area contributed by atoms with Gasteiger partial charge in [-0.3, -0.25) is 14.5 Å². The molecule has 0 bridgehead atoms. The first-order valence-electron chi connectivity index (χ1n) is 11.1. The lowest BCUT2D eigenvalue weighted by atomic mass is 10.1. The second kappa shape index (κ2) is 11.1. The number of carbonyl (C=O) groups excluding carboxylic acids is 2. The SMILES string of the molecule is CCc1ccccc1NC(=O)CN1CCN(C(=O)c2cccc(OCc3cscn3)c2)CC1. The van der Waals surface area contributed by atoms with Gasteiger partial charge >= 0.3 is 0 Å². The number of anilines is 1. The fourth-order valence-corrected chi connectivity index (χ4v) is 4.36. The van der Waals surface area contributed by atoms with Crippen LogP contribution in [-0.4, -0.2) is 59.3 Å². The van der Waals surface area contributed by atoms with E-state index < -0.39 is 0 Å².